The first-order valence-electron chi connectivity index (χ1n) is 11.8. The highest BCUT2D eigenvalue weighted by molar-refractivity contribution is 7.92. The number of benzene rings is 3. The third-order valence-corrected chi connectivity index (χ3v) is 6.56. The molecule has 0 unspecified atom stereocenters. The Bertz CT molecular complexity index is 1430. The standard InChI is InChI=1S/C27H29FN2O7S/c1-34-13-14-36-17-37-25-10-8-20(16-24(25)29-38(3,32)33)30-12-11-19-15-18(7-9-22(19)27(30)31)21-5-4-6-23(28)26(21)35-2/h4-10,15-16,29H,11-14,17H2,1-3H3. The van der Waals surface area contributed by atoms with Gasteiger partial charge in [0.25, 0.3) is 5.91 Å². The number of amides is 1. The second-order valence-electron chi connectivity index (χ2n) is 8.62. The molecule has 202 valence electrons. The van der Waals surface area contributed by atoms with Crippen LogP contribution in [0.25, 0.3) is 11.1 Å². The Morgan fingerprint density at radius 3 is 2.58 bits per heavy atom. The summed E-state index contributed by atoms with van der Waals surface area (Å²) in [5.74, 6) is -0.285. The molecule has 0 saturated carbocycles. The van der Waals surface area contributed by atoms with Crippen LogP contribution >= 0.6 is 0 Å². The zero-order valence-corrected chi connectivity index (χ0v) is 22.1. The Balaban J connectivity index is 1.59. The van der Waals surface area contributed by atoms with Crippen LogP contribution < -0.4 is 19.1 Å². The van der Waals surface area contributed by atoms with Gasteiger partial charge in [-0.15, -0.1) is 0 Å². The number of methoxy groups -OCH3 is 2. The Kier molecular flexibility index (Phi) is 8.50. The first-order valence-corrected chi connectivity index (χ1v) is 13.7. The molecule has 3 aromatic carbocycles. The van der Waals surface area contributed by atoms with Gasteiger partial charge in [-0.3, -0.25) is 9.52 Å². The highest BCUT2D eigenvalue weighted by Gasteiger charge is 2.27. The van der Waals surface area contributed by atoms with Gasteiger partial charge >= 0.3 is 0 Å². The number of nitrogens with one attached hydrogen (secondary N) is 1. The molecule has 3 aromatic rings. The number of ether oxygens (including phenoxy) is 4. The van der Waals surface area contributed by atoms with Crippen LogP contribution in [-0.2, 0) is 25.9 Å². The number of halogens is 1. The van der Waals surface area contributed by atoms with Gasteiger partial charge in [0.15, 0.2) is 18.4 Å². The Labute approximate surface area is 221 Å². The molecule has 11 heteroatoms. The molecule has 1 aliphatic heterocycles. The predicted molar refractivity (Wildman–Crippen MR) is 142 cm³/mol. The molecule has 38 heavy (non-hydrogen) atoms. The first-order chi connectivity index (χ1) is 18.2. The summed E-state index contributed by atoms with van der Waals surface area (Å²) in [6, 6.07) is 14.9. The van der Waals surface area contributed by atoms with Crippen molar-refractivity contribution >= 4 is 27.3 Å². The zero-order chi connectivity index (χ0) is 27.3. The number of rotatable bonds is 11. The van der Waals surface area contributed by atoms with Crippen LogP contribution in [0.5, 0.6) is 11.5 Å². The van der Waals surface area contributed by atoms with E-state index in [9.17, 15) is 17.6 Å². The van der Waals surface area contributed by atoms with Gasteiger partial charge < -0.3 is 23.8 Å². The van der Waals surface area contributed by atoms with Crippen LogP contribution in [0.3, 0.4) is 0 Å². The quantitative estimate of drug-likeness (QED) is 0.287. The second kappa shape index (κ2) is 11.8. The van der Waals surface area contributed by atoms with Crippen LogP contribution in [0, 0.1) is 5.82 Å². The number of hydrogen-bond acceptors (Lipinski definition) is 7. The van der Waals surface area contributed by atoms with Crippen LogP contribution in [0.2, 0.25) is 0 Å². The number of carbonyl (C=O) groups excluding carboxylic acids is 1. The van der Waals surface area contributed by atoms with E-state index in [4.69, 9.17) is 18.9 Å². The summed E-state index contributed by atoms with van der Waals surface area (Å²) in [6.07, 6.45) is 1.58. The highest BCUT2D eigenvalue weighted by atomic mass is 32.2. The van der Waals surface area contributed by atoms with E-state index in [0.717, 1.165) is 17.4 Å². The van der Waals surface area contributed by atoms with Crippen molar-refractivity contribution in [2.24, 2.45) is 0 Å². The van der Waals surface area contributed by atoms with Crippen molar-refractivity contribution in [1.29, 1.82) is 0 Å². The number of fused-ring (bicyclic) bond motifs is 1. The summed E-state index contributed by atoms with van der Waals surface area (Å²) >= 11 is 0. The van der Waals surface area contributed by atoms with Crippen molar-refractivity contribution in [2.75, 3.05) is 56.6 Å². The number of sulfonamides is 1. The summed E-state index contributed by atoms with van der Waals surface area (Å²) in [5.41, 5.74) is 3.39. The van der Waals surface area contributed by atoms with Crippen molar-refractivity contribution in [2.45, 2.75) is 6.42 Å². The van der Waals surface area contributed by atoms with Crippen LogP contribution in [0.4, 0.5) is 15.8 Å². The predicted octanol–water partition coefficient (Wildman–Crippen LogP) is 4.08. The number of nitrogens with zero attached hydrogens (tertiary/aromatic N) is 1. The SMILES string of the molecule is COCCOCOc1ccc(N2CCc3cc(-c4cccc(F)c4OC)ccc3C2=O)cc1NS(C)(=O)=O. The van der Waals surface area contributed by atoms with Gasteiger partial charge in [0, 0.05) is 30.5 Å². The molecule has 0 fully saturated rings. The lowest BCUT2D eigenvalue weighted by Gasteiger charge is -2.29. The minimum Gasteiger partial charge on any atom is -0.493 e. The lowest BCUT2D eigenvalue weighted by molar-refractivity contribution is -0.00813. The Morgan fingerprint density at radius 2 is 1.84 bits per heavy atom. The monoisotopic (exact) mass is 544 g/mol. The number of hydrogen-bond donors (Lipinski definition) is 1. The summed E-state index contributed by atoms with van der Waals surface area (Å²) in [5, 5.41) is 0. The fourth-order valence-corrected chi connectivity index (χ4v) is 4.80. The fourth-order valence-electron chi connectivity index (χ4n) is 4.24. The molecule has 0 atom stereocenters. The van der Waals surface area contributed by atoms with Crippen molar-refractivity contribution < 1.29 is 36.6 Å². The average molecular weight is 545 g/mol. The largest absolute Gasteiger partial charge is 0.493 e. The van der Waals surface area contributed by atoms with Crippen LogP contribution in [-0.4, -0.2) is 61.4 Å². The molecule has 0 radical (unpaired) electrons. The van der Waals surface area contributed by atoms with E-state index < -0.39 is 15.8 Å². The minimum absolute atomic E-state index is 0.102. The number of para-hydroxylation sites is 1. The van der Waals surface area contributed by atoms with Crippen molar-refractivity contribution in [1.82, 2.24) is 0 Å². The third kappa shape index (κ3) is 6.24. The summed E-state index contributed by atoms with van der Waals surface area (Å²) in [4.78, 5) is 15.0. The lowest BCUT2D eigenvalue weighted by Crippen LogP contribution is -2.37. The van der Waals surface area contributed by atoms with E-state index in [1.807, 2.05) is 6.07 Å². The molecular formula is C27H29FN2O7S. The van der Waals surface area contributed by atoms with E-state index in [0.29, 0.717) is 43.0 Å². The van der Waals surface area contributed by atoms with Crippen molar-refractivity contribution in [3.63, 3.8) is 0 Å². The zero-order valence-electron chi connectivity index (χ0n) is 21.3. The van der Waals surface area contributed by atoms with E-state index in [1.165, 1.54) is 13.2 Å². The van der Waals surface area contributed by atoms with Crippen LogP contribution in [0.1, 0.15) is 15.9 Å². The van der Waals surface area contributed by atoms with Gasteiger partial charge in [-0.25, -0.2) is 12.8 Å². The molecular weight excluding hydrogens is 515 g/mol. The van der Waals surface area contributed by atoms with Gasteiger partial charge in [-0.2, -0.15) is 0 Å². The van der Waals surface area contributed by atoms with E-state index >= 15 is 0 Å². The Morgan fingerprint density at radius 1 is 1.03 bits per heavy atom. The fraction of sp³-hybridized carbons (Fsp3) is 0.296. The molecule has 1 heterocycles. The van der Waals surface area contributed by atoms with Crippen LogP contribution in [0.15, 0.2) is 54.6 Å². The molecule has 0 bridgehead atoms. The average Bonchev–Trinajstić information content (AvgIpc) is 2.88. The molecule has 0 aromatic heterocycles. The lowest BCUT2D eigenvalue weighted by atomic mass is 9.93. The number of carbonyl (C=O) groups is 1. The topological polar surface area (TPSA) is 103 Å². The number of anilines is 2. The molecule has 1 N–H and O–H groups in total. The molecule has 4 rings (SSSR count). The molecule has 0 aliphatic carbocycles. The maximum absolute atomic E-state index is 14.2. The minimum atomic E-state index is -3.62. The molecule has 0 spiro atoms. The maximum Gasteiger partial charge on any atom is 0.258 e. The van der Waals surface area contributed by atoms with Gasteiger partial charge in [-0.1, -0.05) is 24.3 Å². The molecule has 0 saturated heterocycles. The molecule has 1 aliphatic rings. The van der Waals surface area contributed by atoms with E-state index in [1.54, 1.807) is 54.5 Å². The molecule has 1 amide bonds. The second-order valence-corrected chi connectivity index (χ2v) is 10.4. The summed E-state index contributed by atoms with van der Waals surface area (Å²) in [7, 11) is -0.650. The Hall–Kier alpha value is -3.67. The van der Waals surface area contributed by atoms with Gasteiger partial charge in [-0.05, 0) is 47.9 Å². The smallest absolute Gasteiger partial charge is 0.258 e. The van der Waals surface area contributed by atoms with E-state index in [2.05, 4.69) is 4.72 Å². The third-order valence-electron chi connectivity index (χ3n) is 5.97. The first kappa shape index (κ1) is 27.4. The molecule has 9 nitrogen and oxygen atoms in total. The van der Waals surface area contributed by atoms with Gasteiger partial charge in [0.1, 0.15) is 5.75 Å². The van der Waals surface area contributed by atoms with Gasteiger partial charge in [0.2, 0.25) is 10.0 Å². The summed E-state index contributed by atoms with van der Waals surface area (Å²) in [6.45, 7) is 0.981. The maximum atomic E-state index is 14.2. The van der Waals surface area contributed by atoms with Crippen molar-refractivity contribution in [3.8, 4) is 22.6 Å². The van der Waals surface area contributed by atoms with Crippen molar-refractivity contribution in [3.05, 3.63) is 71.5 Å². The highest BCUT2D eigenvalue weighted by Crippen LogP contribution is 2.36. The van der Waals surface area contributed by atoms with Gasteiger partial charge in [0.05, 0.1) is 32.3 Å². The summed E-state index contributed by atoms with van der Waals surface area (Å²) < 4.78 is 61.7. The normalized spacial score (nSPS) is 13.3. The van der Waals surface area contributed by atoms with E-state index in [-0.39, 0.29) is 29.9 Å².